The number of benzene rings is 1. The van der Waals surface area contributed by atoms with E-state index in [9.17, 15) is 4.79 Å². The lowest BCUT2D eigenvalue weighted by Gasteiger charge is -2.51. The van der Waals surface area contributed by atoms with Crippen LogP contribution in [0.2, 0.25) is 19.6 Å². The van der Waals surface area contributed by atoms with E-state index in [0.29, 0.717) is 6.61 Å². The number of anilines is 1. The molecule has 0 spiro atoms. The minimum atomic E-state index is -1.61. The number of carbonyl (C=O) groups excluding carboxylic acids is 1. The number of carbonyl (C=O) groups is 1. The first-order chi connectivity index (χ1) is 14.7. The molecule has 1 saturated heterocycles. The summed E-state index contributed by atoms with van der Waals surface area (Å²) in [6.07, 6.45) is 6.95. The Labute approximate surface area is 200 Å². The van der Waals surface area contributed by atoms with Crippen molar-refractivity contribution in [1.29, 1.82) is 0 Å². The maximum absolute atomic E-state index is 13.2. The van der Waals surface area contributed by atoms with Gasteiger partial charge in [0.1, 0.15) is 5.66 Å². The molecule has 2 heterocycles. The Bertz CT molecular complexity index is 941. The normalized spacial score (nSPS) is 28.1. The van der Waals surface area contributed by atoms with Gasteiger partial charge in [-0.2, -0.15) is 0 Å². The molecule has 0 unspecified atom stereocenters. The number of nitrogens with zero attached hydrogens (tertiary/aromatic N) is 2. The van der Waals surface area contributed by atoms with E-state index < -0.39 is 14.0 Å². The lowest BCUT2D eigenvalue weighted by atomic mass is 9.64. The van der Waals surface area contributed by atoms with Gasteiger partial charge in [0.15, 0.2) is 8.32 Å². The Hall–Kier alpha value is -1.16. The van der Waals surface area contributed by atoms with Crippen LogP contribution in [0.15, 0.2) is 45.6 Å². The summed E-state index contributed by atoms with van der Waals surface area (Å²) < 4.78 is 12.9. The highest BCUT2D eigenvalue weighted by Gasteiger charge is 2.70. The van der Waals surface area contributed by atoms with Crippen molar-refractivity contribution in [2.75, 3.05) is 31.7 Å². The second-order valence-corrected chi connectivity index (χ2v) is 15.7. The van der Waals surface area contributed by atoms with Gasteiger partial charge in [0.25, 0.3) is 0 Å². The summed E-state index contributed by atoms with van der Waals surface area (Å²) in [6, 6.07) is 8.43. The molecule has 1 aromatic carbocycles. The lowest BCUT2D eigenvalue weighted by molar-refractivity contribution is 0.0813. The average Bonchev–Trinajstić information content (AvgIpc) is 3.20. The van der Waals surface area contributed by atoms with E-state index >= 15 is 0 Å². The van der Waals surface area contributed by atoms with Crippen molar-refractivity contribution in [3.8, 4) is 0 Å². The number of allylic oxidation sites excluding steroid dienone is 1. The number of fused-ring (bicyclic) bond motifs is 1. The average molecular weight is 553 g/mol. The van der Waals surface area contributed by atoms with Crippen molar-refractivity contribution < 1.29 is 14.0 Å². The first kappa shape index (κ1) is 23.0. The van der Waals surface area contributed by atoms with Crippen molar-refractivity contribution in [2.24, 2.45) is 0 Å². The molecule has 2 aliphatic heterocycles. The van der Waals surface area contributed by atoms with Crippen LogP contribution in [0.4, 0.5) is 10.5 Å². The largest absolute Gasteiger partial charge is 0.452 e. The molecule has 0 bridgehead atoms. The van der Waals surface area contributed by atoms with Crippen molar-refractivity contribution in [3.05, 3.63) is 51.1 Å². The second-order valence-electron chi connectivity index (χ2n) is 9.77. The van der Waals surface area contributed by atoms with Crippen LogP contribution in [0.1, 0.15) is 31.7 Å². The van der Waals surface area contributed by atoms with E-state index in [2.05, 4.69) is 84.4 Å². The summed E-state index contributed by atoms with van der Waals surface area (Å²) in [5.41, 5.74) is 3.05. The van der Waals surface area contributed by atoms with Gasteiger partial charge in [-0.05, 0) is 79.2 Å². The van der Waals surface area contributed by atoms with Gasteiger partial charge < -0.3 is 9.16 Å². The number of hydrogen-bond donors (Lipinski definition) is 0. The number of likely N-dealkylation sites (tertiary alicyclic amines) is 1. The maximum Gasteiger partial charge on any atom is 0.415 e. The lowest BCUT2D eigenvalue weighted by Crippen LogP contribution is -2.66. The van der Waals surface area contributed by atoms with Crippen LogP contribution in [0.3, 0.4) is 0 Å². The van der Waals surface area contributed by atoms with E-state index in [1.165, 1.54) is 21.8 Å². The van der Waals surface area contributed by atoms with Gasteiger partial charge in [0.2, 0.25) is 0 Å². The van der Waals surface area contributed by atoms with E-state index in [0.717, 1.165) is 38.0 Å². The highest BCUT2D eigenvalue weighted by molar-refractivity contribution is 14.1. The minimum Gasteiger partial charge on any atom is -0.452 e. The molecule has 1 amide bonds. The van der Waals surface area contributed by atoms with E-state index in [4.69, 9.17) is 9.16 Å². The van der Waals surface area contributed by atoms with Crippen LogP contribution in [0, 0.1) is 0 Å². The molecule has 1 aromatic rings. The third-order valence-corrected chi connectivity index (χ3v) is 9.01. The Kier molecular flexibility index (Phi) is 6.17. The molecule has 0 radical (unpaired) electrons. The van der Waals surface area contributed by atoms with Crippen molar-refractivity contribution in [2.45, 2.75) is 56.9 Å². The van der Waals surface area contributed by atoms with Crippen LogP contribution in [0.5, 0.6) is 0 Å². The Balaban J connectivity index is 1.85. The fraction of sp³-hybridized carbons (Fsp3) is 0.542. The van der Waals surface area contributed by atoms with Gasteiger partial charge >= 0.3 is 6.09 Å². The number of amides is 1. The molecular formula is C24H33IN2O3Si. The number of rotatable bonds is 5. The van der Waals surface area contributed by atoms with Crippen molar-refractivity contribution >= 4 is 42.7 Å². The summed E-state index contributed by atoms with van der Waals surface area (Å²) in [6.45, 7) is 11.3. The van der Waals surface area contributed by atoms with Gasteiger partial charge in [-0.15, -0.1) is 0 Å². The summed E-state index contributed by atoms with van der Waals surface area (Å²) in [5, 5.41) is 0. The van der Waals surface area contributed by atoms with Gasteiger partial charge in [0, 0.05) is 28.5 Å². The number of halogens is 1. The molecule has 3 aliphatic rings. The Morgan fingerprint density at radius 2 is 2.03 bits per heavy atom. The summed E-state index contributed by atoms with van der Waals surface area (Å²) in [7, 11) is -0.117. The van der Waals surface area contributed by atoms with Crippen LogP contribution in [-0.4, -0.2) is 51.8 Å². The zero-order valence-corrected chi connectivity index (χ0v) is 22.4. The van der Waals surface area contributed by atoms with E-state index in [1.54, 1.807) is 0 Å². The van der Waals surface area contributed by atoms with Gasteiger partial charge in [0.05, 0.1) is 19.4 Å². The number of ether oxygens (including phenoxy) is 1. The fourth-order valence-electron chi connectivity index (χ4n) is 5.72. The maximum atomic E-state index is 13.2. The highest BCUT2D eigenvalue weighted by atomic mass is 127. The summed E-state index contributed by atoms with van der Waals surface area (Å²) >= 11 is 2.42. The van der Waals surface area contributed by atoms with Gasteiger partial charge in [-0.25, -0.2) is 4.79 Å². The molecule has 0 aromatic heterocycles. The molecule has 168 valence electrons. The van der Waals surface area contributed by atoms with Crippen molar-refractivity contribution in [1.82, 2.24) is 4.90 Å². The minimum absolute atomic E-state index is 0.144. The number of methoxy groups -OCH3 is 1. The fourth-order valence-corrected chi connectivity index (χ4v) is 6.75. The topological polar surface area (TPSA) is 42.0 Å². The molecule has 1 fully saturated rings. The summed E-state index contributed by atoms with van der Waals surface area (Å²) in [5.74, 6) is 0. The highest BCUT2D eigenvalue weighted by Crippen LogP contribution is 2.64. The van der Waals surface area contributed by atoms with Crippen molar-refractivity contribution in [3.63, 3.8) is 0 Å². The molecule has 0 saturated carbocycles. The van der Waals surface area contributed by atoms with Crippen LogP contribution < -0.4 is 4.90 Å². The first-order valence-electron chi connectivity index (χ1n) is 11.0. The zero-order chi connectivity index (χ0) is 22.4. The van der Waals surface area contributed by atoms with Gasteiger partial charge in [-0.3, -0.25) is 9.80 Å². The third kappa shape index (κ3) is 3.61. The molecule has 2 atom stereocenters. The summed E-state index contributed by atoms with van der Waals surface area (Å²) in [4.78, 5) is 17.7. The van der Waals surface area contributed by atoms with Crippen LogP contribution in [-0.2, 0) is 14.6 Å². The van der Waals surface area contributed by atoms with Crippen LogP contribution >= 0.6 is 22.6 Å². The Morgan fingerprint density at radius 1 is 1.29 bits per heavy atom. The molecule has 31 heavy (non-hydrogen) atoms. The smallest absolute Gasteiger partial charge is 0.415 e. The third-order valence-electron chi connectivity index (χ3n) is 7.04. The van der Waals surface area contributed by atoms with Gasteiger partial charge in [-0.1, -0.05) is 30.4 Å². The molecule has 7 heteroatoms. The standard InChI is InChI=1S/C24H33IN2O3Si/c1-6-19(25)16-26-14-13-23-15-18(17-30-31(3,4)5)11-12-24(23,26)27(22(28)29-2)21-10-8-7-9-20(21)23/h6-11H,12-17H2,1-5H3/b19-6-/t23-,24-/m1/s1. The predicted molar refractivity (Wildman–Crippen MR) is 136 cm³/mol. The quantitative estimate of drug-likeness (QED) is 0.262. The first-order valence-corrected chi connectivity index (χ1v) is 15.5. The molecular weight excluding hydrogens is 519 g/mol. The van der Waals surface area contributed by atoms with E-state index in [1.807, 2.05) is 11.0 Å². The number of para-hydroxylation sites is 1. The second kappa shape index (κ2) is 8.32. The Morgan fingerprint density at radius 3 is 2.71 bits per heavy atom. The zero-order valence-electron chi connectivity index (χ0n) is 19.2. The molecule has 4 rings (SSSR count). The SMILES string of the molecule is C/C=C(\I)CN1CC[C@]23CC(CO[Si](C)(C)C)=CC[C@]12N(C(=O)OC)c1ccccc13. The number of hydrogen-bond acceptors (Lipinski definition) is 4. The molecule has 1 aliphatic carbocycles. The monoisotopic (exact) mass is 552 g/mol. The van der Waals surface area contributed by atoms with E-state index in [-0.39, 0.29) is 11.5 Å². The predicted octanol–water partition coefficient (Wildman–Crippen LogP) is 5.82. The molecule has 0 N–H and O–H groups in total. The molecule has 5 nitrogen and oxygen atoms in total. The van der Waals surface area contributed by atoms with Crippen LogP contribution in [0.25, 0.3) is 0 Å².